The Labute approximate surface area is 84.1 Å². The molecule has 6 heteroatoms. The number of fused-ring (bicyclic) bond motifs is 1. The van der Waals surface area contributed by atoms with Crippen molar-refractivity contribution in [2.75, 3.05) is 0 Å². The molecule has 70 valence electrons. The van der Waals surface area contributed by atoms with Crippen molar-refractivity contribution < 1.29 is 4.52 Å². The van der Waals surface area contributed by atoms with Gasteiger partial charge in [-0.2, -0.15) is 10.2 Å². The molecule has 0 aliphatic rings. The Hall–Kier alpha value is -1.61. The van der Waals surface area contributed by atoms with Crippen LogP contribution in [0.3, 0.4) is 0 Å². The van der Waals surface area contributed by atoms with Gasteiger partial charge in [-0.3, -0.25) is 0 Å². The number of nitrogens with zero attached hydrogens (tertiary/aromatic N) is 4. The first kappa shape index (κ1) is 8.97. The fourth-order valence-electron chi connectivity index (χ4n) is 1.18. The van der Waals surface area contributed by atoms with Crippen LogP contribution in [0.25, 0.3) is 11.1 Å². The van der Waals surface area contributed by atoms with Gasteiger partial charge in [0.1, 0.15) is 16.8 Å². The van der Waals surface area contributed by atoms with Crippen LogP contribution in [0.4, 0.5) is 0 Å². The zero-order valence-electron chi connectivity index (χ0n) is 7.39. The normalized spacial score (nSPS) is 10.3. The van der Waals surface area contributed by atoms with Gasteiger partial charge in [-0.05, 0) is 6.42 Å². The van der Waals surface area contributed by atoms with Crippen molar-refractivity contribution in [2.24, 2.45) is 0 Å². The van der Waals surface area contributed by atoms with E-state index in [1.807, 2.05) is 12.3 Å². The van der Waals surface area contributed by atoms with Crippen molar-refractivity contribution in [1.82, 2.24) is 15.1 Å². The number of aryl methyl sites for hydroxylation is 1. The zero-order valence-corrected chi connectivity index (χ0v) is 8.21. The van der Waals surface area contributed by atoms with E-state index in [9.17, 15) is 0 Å². The summed E-state index contributed by atoms with van der Waals surface area (Å²) >= 11 is 0.993. The first-order valence-electron chi connectivity index (χ1n) is 4.02. The Kier molecular flexibility index (Phi) is 2.33. The molecule has 0 spiro atoms. The van der Waals surface area contributed by atoms with Gasteiger partial charge >= 0.3 is 0 Å². The second-order valence-electron chi connectivity index (χ2n) is 2.54. The van der Waals surface area contributed by atoms with E-state index in [2.05, 4.69) is 15.1 Å². The Morgan fingerprint density at radius 1 is 1.57 bits per heavy atom. The fraction of sp³-hybridized carbons (Fsp3) is 0.250. The smallest absolute Gasteiger partial charge is 0.262 e. The molecule has 14 heavy (non-hydrogen) atoms. The van der Waals surface area contributed by atoms with Crippen molar-refractivity contribution in [2.45, 2.75) is 18.4 Å². The summed E-state index contributed by atoms with van der Waals surface area (Å²) in [5.74, 6) is 0. The summed E-state index contributed by atoms with van der Waals surface area (Å²) in [6, 6.07) is 0. The van der Waals surface area contributed by atoms with Crippen molar-refractivity contribution >= 4 is 22.9 Å². The van der Waals surface area contributed by atoms with Gasteiger partial charge in [0.15, 0.2) is 0 Å². The minimum atomic E-state index is 0.439. The highest BCUT2D eigenvalue weighted by Gasteiger charge is 2.13. The second kappa shape index (κ2) is 3.64. The van der Waals surface area contributed by atoms with Crippen LogP contribution in [0, 0.1) is 10.7 Å². The van der Waals surface area contributed by atoms with Crippen molar-refractivity contribution in [1.29, 1.82) is 5.26 Å². The third-order valence-electron chi connectivity index (χ3n) is 1.79. The van der Waals surface area contributed by atoms with E-state index in [0.717, 1.165) is 29.3 Å². The SMILES string of the molecule is CCc1noc2ncnc(SC#N)c12. The Balaban J connectivity index is 2.70. The number of nitriles is 1. The first-order chi connectivity index (χ1) is 6.86. The summed E-state index contributed by atoms with van der Waals surface area (Å²) in [7, 11) is 0. The molecule has 5 nitrogen and oxygen atoms in total. The van der Waals surface area contributed by atoms with Gasteiger partial charge in [0, 0.05) is 11.8 Å². The topological polar surface area (TPSA) is 75.6 Å². The lowest BCUT2D eigenvalue weighted by Crippen LogP contribution is -1.86. The molecule has 0 unspecified atom stereocenters. The molecule has 2 heterocycles. The molecule has 0 fully saturated rings. The Morgan fingerprint density at radius 2 is 2.43 bits per heavy atom. The largest absolute Gasteiger partial charge is 0.335 e. The van der Waals surface area contributed by atoms with Crippen LogP contribution >= 0.6 is 11.8 Å². The molecule has 0 saturated heterocycles. The number of hydrogen-bond acceptors (Lipinski definition) is 6. The van der Waals surface area contributed by atoms with Gasteiger partial charge in [-0.1, -0.05) is 12.1 Å². The number of thiocyanates is 1. The van der Waals surface area contributed by atoms with Crippen LogP contribution < -0.4 is 0 Å². The lowest BCUT2D eigenvalue weighted by atomic mass is 10.2. The Bertz CT molecular complexity index is 502. The van der Waals surface area contributed by atoms with Gasteiger partial charge < -0.3 is 4.52 Å². The van der Waals surface area contributed by atoms with Crippen molar-refractivity contribution in [3.63, 3.8) is 0 Å². The Morgan fingerprint density at radius 3 is 3.14 bits per heavy atom. The molecular weight excluding hydrogens is 200 g/mol. The lowest BCUT2D eigenvalue weighted by Gasteiger charge is -1.93. The van der Waals surface area contributed by atoms with Crippen LogP contribution in [0.15, 0.2) is 15.9 Å². The van der Waals surface area contributed by atoms with Gasteiger partial charge in [0.05, 0.1) is 11.1 Å². The van der Waals surface area contributed by atoms with Gasteiger partial charge in [0.2, 0.25) is 0 Å². The maximum Gasteiger partial charge on any atom is 0.262 e. The minimum Gasteiger partial charge on any atom is -0.335 e. The first-order valence-corrected chi connectivity index (χ1v) is 4.83. The van der Waals surface area contributed by atoms with Crippen molar-refractivity contribution in [3.05, 3.63) is 12.0 Å². The predicted octanol–water partition coefficient (Wildman–Crippen LogP) is 1.75. The van der Waals surface area contributed by atoms with E-state index < -0.39 is 0 Å². The number of thioether (sulfide) groups is 1. The molecule has 0 aliphatic carbocycles. The molecule has 0 saturated carbocycles. The summed E-state index contributed by atoms with van der Waals surface area (Å²) in [5.41, 5.74) is 1.23. The second-order valence-corrected chi connectivity index (χ2v) is 3.31. The molecule has 0 bridgehead atoms. The summed E-state index contributed by atoms with van der Waals surface area (Å²) in [5, 5.41) is 15.8. The fourth-order valence-corrected chi connectivity index (χ4v) is 1.67. The van der Waals surface area contributed by atoms with Crippen molar-refractivity contribution in [3.8, 4) is 5.40 Å². The maximum atomic E-state index is 8.58. The van der Waals surface area contributed by atoms with Crippen LogP contribution in [0.2, 0.25) is 0 Å². The van der Waals surface area contributed by atoms with E-state index in [4.69, 9.17) is 9.78 Å². The summed E-state index contributed by atoms with van der Waals surface area (Å²) in [4.78, 5) is 7.94. The van der Waals surface area contributed by atoms with E-state index in [1.165, 1.54) is 6.33 Å². The molecule has 2 aromatic heterocycles. The van der Waals surface area contributed by atoms with Crippen LogP contribution in [0.5, 0.6) is 0 Å². The summed E-state index contributed by atoms with van der Waals surface area (Å²) < 4.78 is 5.00. The molecule has 2 aromatic rings. The number of hydrogen-bond donors (Lipinski definition) is 0. The third-order valence-corrected chi connectivity index (χ3v) is 2.38. The van der Waals surface area contributed by atoms with Crippen LogP contribution in [-0.2, 0) is 6.42 Å². The highest BCUT2D eigenvalue weighted by Crippen LogP contribution is 2.26. The molecule has 0 amide bonds. The van der Waals surface area contributed by atoms with Gasteiger partial charge in [-0.15, -0.1) is 0 Å². The summed E-state index contributed by atoms with van der Waals surface area (Å²) in [6.45, 7) is 1.96. The number of rotatable bonds is 2. The van der Waals surface area contributed by atoms with Crippen LogP contribution in [0.1, 0.15) is 12.6 Å². The van der Waals surface area contributed by atoms with Gasteiger partial charge in [-0.25, -0.2) is 4.98 Å². The van der Waals surface area contributed by atoms with E-state index in [0.29, 0.717) is 10.7 Å². The molecule has 2 rings (SSSR count). The molecule has 0 radical (unpaired) electrons. The summed E-state index contributed by atoms with van der Waals surface area (Å²) in [6.07, 6.45) is 2.10. The lowest BCUT2D eigenvalue weighted by molar-refractivity contribution is 0.439. The average molecular weight is 206 g/mol. The predicted molar refractivity (Wildman–Crippen MR) is 50.4 cm³/mol. The third kappa shape index (κ3) is 1.32. The quantitative estimate of drug-likeness (QED) is 0.423. The zero-order chi connectivity index (χ0) is 9.97. The monoisotopic (exact) mass is 206 g/mol. The van der Waals surface area contributed by atoms with E-state index in [-0.39, 0.29) is 0 Å². The minimum absolute atomic E-state index is 0.439. The van der Waals surface area contributed by atoms with Gasteiger partial charge in [0.25, 0.3) is 5.71 Å². The van der Waals surface area contributed by atoms with E-state index >= 15 is 0 Å². The molecule has 0 aliphatic heterocycles. The molecule has 0 aromatic carbocycles. The molecule has 0 N–H and O–H groups in total. The highest BCUT2D eigenvalue weighted by molar-refractivity contribution is 8.03. The standard InChI is InChI=1S/C8H6N4OS/c1-2-5-6-7(13-12-5)10-4-11-8(6)14-3-9/h4H,2H2,1H3. The maximum absolute atomic E-state index is 8.58. The highest BCUT2D eigenvalue weighted by atomic mass is 32.2. The molecular formula is C8H6N4OS. The van der Waals surface area contributed by atoms with Crippen LogP contribution in [-0.4, -0.2) is 15.1 Å². The molecule has 0 atom stereocenters. The van der Waals surface area contributed by atoms with E-state index in [1.54, 1.807) is 0 Å². The number of aromatic nitrogens is 3. The average Bonchev–Trinajstić information content (AvgIpc) is 2.62.